The lowest BCUT2D eigenvalue weighted by Crippen LogP contribution is -2.40. The minimum absolute atomic E-state index is 0.0578. The maximum absolute atomic E-state index is 13.5. The quantitative estimate of drug-likeness (QED) is 0.185. The van der Waals surface area contributed by atoms with Crippen molar-refractivity contribution in [1.29, 1.82) is 0 Å². The lowest BCUT2D eigenvalue weighted by Gasteiger charge is -2.19. The van der Waals surface area contributed by atoms with Crippen molar-refractivity contribution in [3.05, 3.63) is 29.3 Å². The van der Waals surface area contributed by atoms with Crippen molar-refractivity contribution in [3.8, 4) is 5.75 Å². The van der Waals surface area contributed by atoms with Crippen molar-refractivity contribution in [2.24, 2.45) is 0 Å². The van der Waals surface area contributed by atoms with Crippen LogP contribution < -0.4 is 4.74 Å². The maximum atomic E-state index is 13.5. The molecule has 12 heteroatoms. The normalized spacial score (nSPS) is 11.5. The smallest absolute Gasteiger partial charge is 0.405 e. The summed E-state index contributed by atoms with van der Waals surface area (Å²) in [6, 6.07) is 0.189. The van der Waals surface area contributed by atoms with Gasteiger partial charge in [-0.1, -0.05) is 4.48 Å². The first kappa shape index (κ1) is 21.3. The molecule has 1 aromatic rings. The van der Waals surface area contributed by atoms with Crippen LogP contribution in [0.25, 0.3) is 0 Å². The van der Waals surface area contributed by atoms with Gasteiger partial charge in [0.05, 0.1) is 6.54 Å². The topological polar surface area (TPSA) is 68.2 Å². The fraction of sp³-hybridized carbons (Fsp3) is 0.462. The zero-order valence-corrected chi connectivity index (χ0v) is 14.3. The molecule has 6 nitrogen and oxygen atoms in total. The molecule has 0 radical (unpaired) electrons. The first-order chi connectivity index (χ1) is 11.6. The van der Waals surface area contributed by atoms with E-state index >= 15 is 0 Å². The van der Waals surface area contributed by atoms with Crippen LogP contribution in [0.3, 0.4) is 0 Å². The lowest BCUT2D eigenvalue weighted by molar-refractivity contribution is 0.0347. The van der Waals surface area contributed by atoms with Gasteiger partial charge >= 0.3 is 14.9 Å². The Balaban J connectivity index is 2.56. The van der Waals surface area contributed by atoms with Crippen molar-refractivity contribution in [2.75, 3.05) is 20.8 Å². The zero-order chi connectivity index (χ0) is 19.2. The third-order valence-electron chi connectivity index (χ3n) is 3.20. The molecular formula is C13H16F5NO5Si. The van der Waals surface area contributed by atoms with E-state index in [9.17, 15) is 31.6 Å². The van der Waals surface area contributed by atoms with E-state index in [1.807, 2.05) is 0 Å². The first-order valence-corrected chi connectivity index (χ1v) is 8.93. The van der Waals surface area contributed by atoms with Gasteiger partial charge in [-0.05, 0) is 12.8 Å². The van der Waals surface area contributed by atoms with Crippen LogP contribution in [0.5, 0.6) is 5.75 Å². The lowest BCUT2D eigenvalue weighted by atomic mass is 10.3. The second kappa shape index (κ2) is 9.08. The summed E-state index contributed by atoms with van der Waals surface area (Å²) in [6.07, 6.45) is -1.45. The number of unbranched alkanes of at least 4 members (excludes halogenated alkanes) is 1. The molecule has 0 fully saturated rings. The highest BCUT2D eigenvalue weighted by Gasteiger charge is 2.33. The summed E-state index contributed by atoms with van der Waals surface area (Å²) in [5.74, 6) is -9.31. The number of benzene rings is 1. The Hall–Kier alpha value is -1.76. The molecule has 1 N–H and O–H groups in total. The van der Waals surface area contributed by atoms with E-state index in [2.05, 4.69) is 4.74 Å². The molecule has 0 spiro atoms. The first-order valence-electron chi connectivity index (χ1n) is 6.96. The molecule has 0 aliphatic rings. The Bertz CT molecular complexity index is 617. The summed E-state index contributed by atoms with van der Waals surface area (Å²) >= 11 is 0. The number of hydrogen-bond acceptors (Lipinski definition) is 5. The molecule has 0 atom stereocenters. The largest absolute Gasteiger partial charge is 0.497 e. The van der Waals surface area contributed by atoms with Crippen LogP contribution in [0.15, 0.2) is 6.07 Å². The minimum Gasteiger partial charge on any atom is -0.405 e. The van der Waals surface area contributed by atoms with Crippen molar-refractivity contribution < 1.29 is 45.2 Å². The van der Waals surface area contributed by atoms with Crippen LogP contribution in [0, 0.1) is 23.3 Å². The number of carbonyl (C=O) groups is 1. The Morgan fingerprint density at radius 2 is 1.72 bits per heavy atom. The van der Waals surface area contributed by atoms with Gasteiger partial charge in [0.1, 0.15) is 0 Å². The number of hydrogen-bond donors (Lipinski definition) is 1. The standard InChI is InChI=1S/C13H16F5NO5Si/c1-22-25(21,23-2)6-4-3-5-19(18)13(20)24-9-7-8(14)10(15)12(17)11(9)16/h7,21H,3-6H2,1-2H3. The number of amides is 1. The summed E-state index contributed by atoms with van der Waals surface area (Å²) in [7, 11) is -0.801. The predicted molar refractivity (Wildman–Crippen MR) is 76.1 cm³/mol. The van der Waals surface area contributed by atoms with Gasteiger partial charge < -0.3 is 18.4 Å². The van der Waals surface area contributed by atoms with Gasteiger partial charge in [-0.15, -0.1) is 5.12 Å². The molecule has 0 saturated heterocycles. The molecule has 0 aromatic heterocycles. The monoisotopic (exact) mass is 389 g/mol. The number of nitrogens with zero attached hydrogens (tertiary/aromatic N) is 1. The fourth-order valence-corrected chi connectivity index (χ4v) is 3.02. The van der Waals surface area contributed by atoms with Crippen LogP contribution in [0.2, 0.25) is 6.04 Å². The van der Waals surface area contributed by atoms with Crippen LogP contribution >= 0.6 is 0 Å². The van der Waals surface area contributed by atoms with E-state index < -0.39 is 55.6 Å². The highest BCUT2D eigenvalue weighted by Crippen LogP contribution is 2.25. The molecular weight excluding hydrogens is 373 g/mol. The minimum atomic E-state index is -3.31. The van der Waals surface area contributed by atoms with Crippen LogP contribution in [-0.2, 0) is 8.85 Å². The summed E-state index contributed by atoms with van der Waals surface area (Å²) < 4.78 is 79.4. The van der Waals surface area contributed by atoms with Gasteiger partial charge in [0.25, 0.3) is 0 Å². The number of rotatable bonds is 8. The molecule has 0 saturated carbocycles. The van der Waals surface area contributed by atoms with Crippen LogP contribution in [0.1, 0.15) is 12.8 Å². The van der Waals surface area contributed by atoms with E-state index in [1.165, 1.54) is 14.2 Å². The van der Waals surface area contributed by atoms with E-state index in [4.69, 9.17) is 8.85 Å². The summed E-state index contributed by atoms with van der Waals surface area (Å²) in [5.41, 5.74) is 0. The highest BCUT2D eigenvalue weighted by atomic mass is 28.4. The van der Waals surface area contributed by atoms with Crippen LogP contribution in [0.4, 0.5) is 26.8 Å². The molecule has 0 aliphatic heterocycles. The van der Waals surface area contributed by atoms with Crippen molar-refractivity contribution in [3.63, 3.8) is 0 Å². The SMILES string of the molecule is CO[Si](O)(CCCCN(F)C(=O)Oc1cc(F)c(F)c(F)c1F)OC. The molecule has 1 rings (SSSR count). The highest BCUT2D eigenvalue weighted by molar-refractivity contribution is 6.59. The van der Waals surface area contributed by atoms with Gasteiger partial charge in [0.2, 0.25) is 11.6 Å². The third-order valence-corrected chi connectivity index (χ3v) is 5.46. The number of carbonyl (C=O) groups excluding carboxylic acids is 1. The molecule has 25 heavy (non-hydrogen) atoms. The molecule has 0 bridgehead atoms. The number of halogens is 5. The molecule has 0 aliphatic carbocycles. The Morgan fingerprint density at radius 1 is 1.12 bits per heavy atom. The fourth-order valence-electron chi connectivity index (χ4n) is 1.75. The van der Waals surface area contributed by atoms with Gasteiger partial charge in [0.15, 0.2) is 17.4 Å². The van der Waals surface area contributed by atoms with Crippen LogP contribution in [-0.4, -0.2) is 45.6 Å². The van der Waals surface area contributed by atoms with Gasteiger partial charge in [-0.3, -0.25) is 0 Å². The van der Waals surface area contributed by atoms with Crippen molar-refractivity contribution >= 4 is 14.9 Å². The third kappa shape index (κ3) is 5.62. The average molecular weight is 389 g/mol. The van der Waals surface area contributed by atoms with E-state index in [1.54, 1.807) is 0 Å². The van der Waals surface area contributed by atoms with E-state index in [0.29, 0.717) is 0 Å². The maximum Gasteiger partial charge on any atom is 0.497 e. The second-order valence-electron chi connectivity index (χ2n) is 4.83. The van der Waals surface area contributed by atoms with E-state index in [-0.39, 0.29) is 25.0 Å². The second-order valence-corrected chi connectivity index (χ2v) is 7.57. The van der Waals surface area contributed by atoms with E-state index in [0.717, 1.165) is 0 Å². The molecule has 0 unspecified atom stereocenters. The van der Waals surface area contributed by atoms with Crippen molar-refractivity contribution in [1.82, 2.24) is 5.12 Å². The molecule has 142 valence electrons. The summed E-state index contributed by atoms with van der Waals surface area (Å²) in [5, 5.41) is -0.460. The zero-order valence-electron chi connectivity index (χ0n) is 13.3. The number of ether oxygens (including phenoxy) is 1. The summed E-state index contributed by atoms with van der Waals surface area (Å²) in [6.45, 7) is -0.509. The van der Waals surface area contributed by atoms with Gasteiger partial charge in [0, 0.05) is 26.3 Å². The van der Waals surface area contributed by atoms with Gasteiger partial charge in [-0.2, -0.15) is 4.39 Å². The Labute approximate surface area is 141 Å². The predicted octanol–water partition coefficient (Wildman–Crippen LogP) is 2.93. The molecule has 1 amide bonds. The Kier molecular flexibility index (Phi) is 7.73. The van der Waals surface area contributed by atoms with Gasteiger partial charge in [-0.25, -0.2) is 18.0 Å². The molecule has 1 aromatic carbocycles. The van der Waals surface area contributed by atoms with Crippen molar-refractivity contribution in [2.45, 2.75) is 18.9 Å². The summed E-state index contributed by atoms with van der Waals surface area (Å²) in [4.78, 5) is 21.2. The average Bonchev–Trinajstić information content (AvgIpc) is 2.60. The Morgan fingerprint density at radius 3 is 2.28 bits per heavy atom. The molecule has 0 heterocycles.